The normalized spacial score (nSPS) is 10.7. The fourth-order valence-electron chi connectivity index (χ4n) is 2.35. The maximum atomic E-state index is 11.9. The van der Waals surface area contributed by atoms with E-state index in [9.17, 15) is 4.79 Å². The molecule has 1 amide bonds. The average Bonchev–Trinajstić information content (AvgIpc) is 2.61. The summed E-state index contributed by atoms with van der Waals surface area (Å²) in [6, 6.07) is 16.0. The van der Waals surface area contributed by atoms with E-state index < -0.39 is 0 Å². The smallest absolute Gasteiger partial charge is 0.251 e. The van der Waals surface area contributed by atoms with Crippen molar-refractivity contribution in [2.45, 2.75) is 32.7 Å². The minimum absolute atomic E-state index is 0.0846. The largest absolute Gasteiger partial charge is 0.396 e. The number of aliphatic hydroxyl groups excluding tert-OH is 1. The Labute approximate surface area is 143 Å². The van der Waals surface area contributed by atoms with Gasteiger partial charge in [-0.3, -0.25) is 4.79 Å². The summed E-state index contributed by atoms with van der Waals surface area (Å²) in [5, 5.41) is 14.9. The van der Waals surface area contributed by atoms with E-state index in [4.69, 9.17) is 5.11 Å². The molecule has 3 N–H and O–H groups in total. The zero-order valence-corrected chi connectivity index (χ0v) is 14.4. The molecule has 4 heteroatoms. The molecule has 4 nitrogen and oxygen atoms in total. The van der Waals surface area contributed by atoms with E-state index in [1.807, 2.05) is 12.1 Å². The van der Waals surface area contributed by atoms with E-state index in [2.05, 4.69) is 48.7 Å². The van der Waals surface area contributed by atoms with E-state index in [0.717, 1.165) is 12.2 Å². The van der Waals surface area contributed by atoms with E-state index in [-0.39, 0.29) is 12.5 Å². The fourth-order valence-corrected chi connectivity index (χ4v) is 2.35. The predicted molar refractivity (Wildman–Crippen MR) is 98.3 cm³/mol. The number of anilines is 1. The van der Waals surface area contributed by atoms with Gasteiger partial charge in [0.1, 0.15) is 0 Å². The van der Waals surface area contributed by atoms with Gasteiger partial charge in [-0.1, -0.05) is 38.1 Å². The van der Waals surface area contributed by atoms with Crippen LogP contribution < -0.4 is 10.6 Å². The summed E-state index contributed by atoms with van der Waals surface area (Å²) >= 11 is 0. The second kappa shape index (κ2) is 9.08. The summed E-state index contributed by atoms with van der Waals surface area (Å²) in [6.07, 6.45) is 0.570. The number of hydrogen-bond donors (Lipinski definition) is 3. The summed E-state index contributed by atoms with van der Waals surface area (Å²) in [6.45, 7) is 5.70. The van der Waals surface area contributed by atoms with Gasteiger partial charge in [-0.05, 0) is 47.7 Å². The van der Waals surface area contributed by atoms with Crippen LogP contribution in [0.15, 0.2) is 48.5 Å². The van der Waals surface area contributed by atoms with E-state index in [1.54, 1.807) is 12.1 Å². The van der Waals surface area contributed by atoms with Crippen molar-refractivity contribution >= 4 is 11.6 Å². The van der Waals surface area contributed by atoms with Gasteiger partial charge in [0, 0.05) is 30.9 Å². The van der Waals surface area contributed by atoms with Gasteiger partial charge in [0.15, 0.2) is 0 Å². The molecule has 0 bridgehead atoms. The Morgan fingerprint density at radius 3 is 2.29 bits per heavy atom. The summed E-state index contributed by atoms with van der Waals surface area (Å²) in [5.41, 5.74) is 4.18. The van der Waals surface area contributed by atoms with Crippen LogP contribution in [0, 0.1) is 0 Å². The minimum Gasteiger partial charge on any atom is -0.396 e. The first-order valence-corrected chi connectivity index (χ1v) is 8.42. The topological polar surface area (TPSA) is 61.4 Å². The molecule has 0 unspecified atom stereocenters. The molecule has 0 spiro atoms. The van der Waals surface area contributed by atoms with Crippen LogP contribution in [0.2, 0.25) is 0 Å². The zero-order chi connectivity index (χ0) is 17.4. The highest BCUT2D eigenvalue weighted by Crippen LogP contribution is 2.16. The van der Waals surface area contributed by atoms with Gasteiger partial charge >= 0.3 is 0 Å². The van der Waals surface area contributed by atoms with Gasteiger partial charge in [0.2, 0.25) is 0 Å². The third-order valence-corrected chi connectivity index (χ3v) is 3.91. The predicted octanol–water partition coefficient (Wildman–Crippen LogP) is 3.53. The van der Waals surface area contributed by atoms with E-state index in [0.29, 0.717) is 24.4 Å². The van der Waals surface area contributed by atoms with Crippen LogP contribution in [-0.4, -0.2) is 24.2 Å². The monoisotopic (exact) mass is 326 g/mol. The third-order valence-electron chi connectivity index (χ3n) is 3.91. The molecule has 0 saturated heterocycles. The lowest BCUT2D eigenvalue weighted by atomic mass is 10.0. The van der Waals surface area contributed by atoms with Gasteiger partial charge < -0.3 is 15.7 Å². The van der Waals surface area contributed by atoms with Crippen molar-refractivity contribution in [1.29, 1.82) is 0 Å². The molecule has 0 radical (unpaired) electrons. The molecule has 0 aliphatic heterocycles. The number of hydrogen-bond acceptors (Lipinski definition) is 3. The molecule has 128 valence electrons. The Hall–Kier alpha value is -2.33. The number of carbonyl (C=O) groups is 1. The quantitative estimate of drug-likeness (QED) is 0.650. The Balaban J connectivity index is 1.86. The van der Waals surface area contributed by atoms with Crippen molar-refractivity contribution in [2.75, 3.05) is 18.5 Å². The van der Waals surface area contributed by atoms with Crippen molar-refractivity contribution in [2.24, 2.45) is 0 Å². The average molecular weight is 326 g/mol. The Bertz CT molecular complexity index is 634. The van der Waals surface area contributed by atoms with Crippen LogP contribution in [0.25, 0.3) is 0 Å². The molecular weight excluding hydrogens is 300 g/mol. The summed E-state index contributed by atoms with van der Waals surface area (Å²) in [5.74, 6) is 0.433. The lowest BCUT2D eigenvalue weighted by Crippen LogP contribution is -2.24. The highest BCUT2D eigenvalue weighted by Gasteiger charge is 2.04. The first-order chi connectivity index (χ1) is 11.6. The fraction of sp³-hybridized carbons (Fsp3) is 0.350. The van der Waals surface area contributed by atoms with Gasteiger partial charge in [-0.15, -0.1) is 0 Å². The molecule has 0 heterocycles. The number of amides is 1. The number of benzene rings is 2. The standard InChI is InChI=1S/C20H26N2O2/c1-15(2)17-6-4-16(5-7-17)14-22-19-10-8-18(9-11-19)20(24)21-12-3-13-23/h4-11,15,22-23H,3,12-14H2,1-2H3,(H,21,24). The molecule has 0 saturated carbocycles. The summed E-state index contributed by atoms with van der Waals surface area (Å²) in [4.78, 5) is 11.9. The number of carbonyl (C=O) groups excluding carboxylic acids is 1. The van der Waals surface area contributed by atoms with Crippen molar-refractivity contribution < 1.29 is 9.90 Å². The minimum atomic E-state index is -0.112. The summed E-state index contributed by atoms with van der Waals surface area (Å²) in [7, 11) is 0. The van der Waals surface area contributed by atoms with Crippen molar-refractivity contribution in [3.05, 3.63) is 65.2 Å². The van der Waals surface area contributed by atoms with Crippen molar-refractivity contribution in [1.82, 2.24) is 5.32 Å². The SMILES string of the molecule is CC(C)c1ccc(CNc2ccc(C(=O)NCCCO)cc2)cc1. The lowest BCUT2D eigenvalue weighted by Gasteiger charge is -2.10. The third kappa shape index (κ3) is 5.39. The van der Waals surface area contributed by atoms with Crippen LogP contribution in [0.3, 0.4) is 0 Å². The van der Waals surface area contributed by atoms with E-state index >= 15 is 0 Å². The van der Waals surface area contributed by atoms with Gasteiger partial charge in [-0.25, -0.2) is 0 Å². The van der Waals surface area contributed by atoms with Crippen LogP contribution in [-0.2, 0) is 6.54 Å². The number of aliphatic hydroxyl groups is 1. The second-order valence-corrected chi connectivity index (χ2v) is 6.16. The summed E-state index contributed by atoms with van der Waals surface area (Å²) < 4.78 is 0. The van der Waals surface area contributed by atoms with Gasteiger partial charge in [0.25, 0.3) is 5.91 Å². The molecular formula is C20H26N2O2. The van der Waals surface area contributed by atoms with Crippen molar-refractivity contribution in [3.63, 3.8) is 0 Å². The van der Waals surface area contributed by atoms with Crippen molar-refractivity contribution in [3.8, 4) is 0 Å². The maximum absolute atomic E-state index is 11.9. The molecule has 2 rings (SSSR count). The van der Waals surface area contributed by atoms with Crippen LogP contribution >= 0.6 is 0 Å². The molecule has 0 aliphatic carbocycles. The molecule has 2 aromatic rings. The molecule has 0 fully saturated rings. The lowest BCUT2D eigenvalue weighted by molar-refractivity contribution is 0.0951. The van der Waals surface area contributed by atoms with Gasteiger partial charge in [-0.2, -0.15) is 0 Å². The first kappa shape index (κ1) is 18.0. The first-order valence-electron chi connectivity index (χ1n) is 8.42. The molecule has 0 aliphatic rings. The van der Waals surface area contributed by atoms with E-state index in [1.165, 1.54) is 11.1 Å². The highest BCUT2D eigenvalue weighted by atomic mass is 16.3. The van der Waals surface area contributed by atoms with Crippen LogP contribution in [0.5, 0.6) is 0 Å². The van der Waals surface area contributed by atoms with Gasteiger partial charge in [0.05, 0.1) is 0 Å². The highest BCUT2D eigenvalue weighted by molar-refractivity contribution is 5.94. The zero-order valence-electron chi connectivity index (χ0n) is 14.4. The number of nitrogens with one attached hydrogen (secondary N) is 2. The second-order valence-electron chi connectivity index (χ2n) is 6.16. The van der Waals surface area contributed by atoms with Crippen LogP contribution in [0.4, 0.5) is 5.69 Å². The Morgan fingerprint density at radius 2 is 1.71 bits per heavy atom. The molecule has 2 aromatic carbocycles. The molecule has 0 atom stereocenters. The molecule has 0 aromatic heterocycles. The Morgan fingerprint density at radius 1 is 1.04 bits per heavy atom. The maximum Gasteiger partial charge on any atom is 0.251 e. The number of rotatable bonds is 8. The molecule has 24 heavy (non-hydrogen) atoms. The van der Waals surface area contributed by atoms with Crippen LogP contribution in [0.1, 0.15) is 47.7 Å². The Kier molecular flexibility index (Phi) is 6.82.